The van der Waals surface area contributed by atoms with Crippen molar-refractivity contribution in [3.63, 3.8) is 0 Å². The molecular formula is C21H30N4O2. The van der Waals surface area contributed by atoms with Crippen LogP contribution < -0.4 is 0 Å². The number of rotatable bonds is 2. The van der Waals surface area contributed by atoms with Gasteiger partial charge in [0.2, 0.25) is 11.8 Å². The fourth-order valence-corrected chi connectivity index (χ4v) is 4.79. The van der Waals surface area contributed by atoms with E-state index in [4.69, 9.17) is 4.98 Å². The molecule has 2 aliphatic heterocycles. The predicted octanol–water partition coefficient (Wildman–Crippen LogP) is 2.67. The molecule has 4 rings (SSSR count). The van der Waals surface area contributed by atoms with E-state index < -0.39 is 0 Å². The molecule has 0 spiro atoms. The second kappa shape index (κ2) is 7.95. The number of aromatic nitrogens is 2. The van der Waals surface area contributed by atoms with Crippen molar-refractivity contribution < 1.29 is 9.59 Å². The summed E-state index contributed by atoms with van der Waals surface area (Å²) < 4.78 is 0. The SMILES string of the molecule is CC(=O)N1CCc2nc(C3CCCN(C(=O)C4CCCCC4)C3)ncc2C1. The quantitative estimate of drug-likeness (QED) is 0.803. The summed E-state index contributed by atoms with van der Waals surface area (Å²) in [7, 11) is 0. The molecule has 1 aromatic heterocycles. The van der Waals surface area contributed by atoms with Gasteiger partial charge in [-0.1, -0.05) is 19.3 Å². The van der Waals surface area contributed by atoms with Crippen LogP contribution in [0.4, 0.5) is 0 Å². The zero-order valence-electron chi connectivity index (χ0n) is 16.3. The molecule has 2 amide bonds. The van der Waals surface area contributed by atoms with Crippen LogP contribution >= 0.6 is 0 Å². The number of amides is 2. The first kappa shape index (κ1) is 18.4. The van der Waals surface area contributed by atoms with Crippen molar-refractivity contribution in [3.8, 4) is 0 Å². The van der Waals surface area contributed by atoms with Crippen LogP contribution in [0.3, 0.4) is 0 Å². The number of nitrogens with zero attached hydrogens (tertiary/aromatic N) is 4. The third kappa shape index (κ3) is 3.99. The number of hydrogen-bond acceptors (Lipinski definition) is 4. The lowest BCUT2D eigenvalue weighted by molar-refractivity contribution is -0.137. The van der Waals surface area contributed by atoms with E-state index in [1.807, 2.05) is 11.1 Å². The average Bonchev–Trinajstić information content (AvgIpc) is 2.73. The van der Waals surface area contributed by atoms with Crippen molar-refractivity contribution in [3.05, 3.63) is 23.3 Å². The summed E-state index contributed by atoms with van der Waals surface area (Å²) >= 11 is 0. The van der Waals surface area contributed by atoms with Gasteiger partial charge in [0.15, 0.2) is 0 Å². The van der Waals surface area contributed by atoms with Crippen LogP contribution in [0.25, 0.3) is 0 Å². The topological polar surface area (TPSA) is 66.4 Å². The largest absolute Gasteiger partial charge is 0.342 e. The van der Waals surface area contributed by atoms with E-state index in [2.05, 4.69) is 9.88 Å². The van der Waals surface area contributed by atoms with Gasteiger partial charge >= 0.3 is 0 Å². The number of likely N-dealkylation sites (tertiary alicyclic amines) is 1. The monoisotopic (exact) mass is 370 g/mol. The Morgan fingerprint density at radius 2 is 1.85 bits per heavy atom. The molecule has 0 radical (unpaired) electrons. The number of carbonyl (C=O) groups excluding carboxylic acids is 2. The van der Waals surface area contributed by atoms with E-state index in [-0.39, 0.29) is 17.7 Å². The maximum Gasteiger partial charge on any atom is 0.225 e. The minimum absolute atomic E-state index is 0.105. The Bertz CT molecular complexity index is 714. The van der Waals surface area contributed by atoms with E-state index in [1.165, 1.54) is 19.3 Å². The van der Waals surface area contributed by atoms with E-state index in [0.29, 0.717) is 12.5 Å². The molecule has 146 valence electrons. The Morgan fingerprint density at radius 3 is 2.63 bits per heavy atom. The summed E-state index contributed by atoms with van der Waals surface area (Å²) in [5.41, 5.74) is 2.14. The highest BCUT2D eigenvalue weighted by Gasteiger charge is 2.31. The Hall–Kier alpha value is -1.98. The summed E-state index contributed by atoms with van der Waals surface area (Å²) in [4.78, 5) is 37.9. The van der Waals surface area contributed by atoms with Gasteiger partial charge in [-0.25, -0.2) is 9.97 Å². The van der Waals surface area contributed by atoms with Crippen molar-refractivity contribution in [1.82, 2.24) is 19.8 Å². The van der Waals surface area contributed by atoms with Crippen LogP contribution in [0.2, 0.25) is 0 Å². The molecule has 1 saturated heterocycles. The molecule has 0 aromatic carbocycles. The number of piperidine rings is 1. The molecule has 27 heavy (non-hydrogen) atoms. The molecule has 1 atom stereocenters. The van der Waals surface area contributed by atoms with Gasteiger partial charge in [-0.05, 0) is 25.7 Å². The van der Waals surface area contributed by atoms with Gasteiger partial charge in [-0.15, -0.1) is 0 Å². The minimum atomic E-state index is 0.105. The average molecular weight is 370 g/mol. The van der Waals surface area contributed by atoms with Gasteiger partial charge < -0.3 is 9.80 Å². The van der Waals surface area contributed by atoms with E-state index >= 15 is 0 Å². The molecule has 3 aliphatic rings. The van der Waals surface area contributed by atoms with E-state index in [9.17, 15) is 9.59 Å². The molecule has 0 N–H and O–H groups in total. The molecular weight excluding hydrogens is 340 g/mol. The Morgan fingerprint density at radius 1 is 1.04 bits per heavy atom. The standard InChI is InChI=1S/C21H30N4O2/c1-15(26)24-11-9-19-18(14-24)12-22-20(23-19)17-8-5-10-25(13-17)21(27)16-6-3-2-4-7-16/h12,16-17H,2-11,13-14H2,1H3. The first-order valence-electron chi connectivity index (χ1n) is 10.5. The molecule has 1 saturated carbocycles. The van der Waals surface area contributed by atoms with Gasteiger partial charge in [0, 0.05) is 63.1 Å². The zero-order valence-corrected chi connectivity index (χ0v) is 16.3. The Balaban J connectivity index is 1.44. The van der Waals surface area contributed by atoms with Crippen LogP contribution in [-0.2, 0) is 22.6 Å². The lowest BCUT2D eigenvalue weighted by Crippen LogP contribution is -2.43. The highest BCUT2D eigenvalue weighted by atomic mass is 16.2. The fraction of sp³-hybridized carbons (Fsp3) is 0.714. The molecule has 2 fully saturated rings. The summed E-state index contributed by atoms with van der Waals surface area (Å²) in [5.74, 6) is 1.82. The molecule has 3 heterocycles. The van der Waals surface area contributed by atoms with Crippen LogP contribution in [0, 0.1) is 5.92 Å². The highest BCUT2D eigenvalue weighted by Crippen LogP contribution is 2.30. The fourth-order valence-electron chi connectivity index (χ4n) is 4.79. The van der Waals surface area contributed by atoms with Crippen LogP contribution in [0.5, 0.6) is 0 Å². The highest BCUT2D eigenvalue weighted by molar-refractivity contribution is 5.79. The summed E-state index contributed by atoms with van der Waals surface area (Å²) in [6, 6.07) is 0. The first-order valence-corrected chi connectivity index (χ1v) is 10.5. The second-order valence-electron chi connectivity index (χ2n) is 8.35. The molecule has 1 aromatic rings. The van der Waals surface area contributed by atoms with E-state index in [0.717, 1.165) is 68.8 Å². The second-order valence-corrected chi connectivity index (χ2v) is 8.35. The predicted molar refractivity (Wildman–Crippen MR) is 102 cm³/mol. The van der Waals surface area contributed by atoms with Gasteiger partial charge in [0.1, 0.15) is 5.82 Å². The lowest BCUT2D eigenvalue weighted by Gasteiger charge is -2.35. The van der Waals surface area contributed by atoms with Gasteiger partial charge in [0.05, 0.1) is 5.69 Å². The molecule has 1 aliphatic carbocycles. The van der Waals surface area contributed by atoms with Crippen LogP contribution in [0.15, 0.2) is 6.20 Å². The molecule has 0 bridgehead atoms. The number of fused-ring (bicyclic) bond motifs is 1. The molecule has 6 nitrogen and oxygen atoms in total. The lowest BCUT2D eigenvalue weighted by atomic mass is 9.87. The number of hydrogen-bond donors (Lipinski definition) is 0. The van der Waals surface area contributed by atoms with Crippen molar-refractivity contribution in [1.29, 1.82) is 0 Å². The third-order valence-electron chi connectivity index (χ3n) is 6.45. The van der Waals surface area contributed by atoms with Crippen LogP contribution in [0.1, 0.15) is 74.9 Å². The van der Waals surface area contributed by atoms with Gasteiger partial charge in [0.25, 0.3) is 0 Å². The van der Waals surface area contributed by atoms with Crippen molar-refractivity contribution >= 4 is 11.8 Å². The Kier molecular flexibility index (Phi) is 5.41. The molecule has 1 unspecified atom stereocenters. The smallest absolute Gasteiger partial charge is 0.225 e. The minimum Gasteiger partial charge on any atom is -0.342 e. The summed E-state index contributed by atoms with van der Waals surface area (Å²) in [5, 5.41) is 0. The Labute approximate surface area is 161 Å². The van der Waals surface area contributed by atoms with Gasteiger partial charge in [-0.3, -0.25) is 9.59 Å². The van der Waals surface area contributed by atoms with E-state index in [1.54, 1.807) is 6.92 Å². The van der Waals surface area contributed by atoms with Crippen LogP contribution in [-0.4, -0.2) is 51.2 Å². The van der Waals surface area contributed by atoms with Crippen molar-refractivity contribution in [2.45, 2.75) is 70.8 Å². The normalized spacial score (nSPS) is 23.8. The third-order valence-corrected chi connectivity index (χ3v) is 6.45. The zero-order chi connectivity index (χ0) is 18.8. The van der Waals surface area contributed by atoms with Crippen molar-refractivity contribution in [2.75, 3.05) is 19.6 Å². The van der Waals surface area contributed by atoms with Gasteiger partial charge in [-0.2, -0.15) is 0 Å². The number of carbonyl (C=O) groups is 2. The molecule has 6 heteroatoms. The summed E-state index contributed by atoms with van der Waals surface area (Å²) in [6.07, 6.45) is 10.5. The van der Waals surface area contributed by atoms with Crippen molar-refractivity contribution in [2.24, 2.45) is 5.92 Å². The first-order chi connectivity index (χ1) is 13.1. The maximum atomic E-state index is 12.9. The maximum absolute atomic E-state index is 12.9. The summed E-state index contributed by atoms with van der Waals surface area (Å²) in [6.45, 7) is 4.59.